The largest absolute Gasteiger partial charge is 0.466 e. The fraction of sp³-hybridized carbons (Fsp3) is 0.789. The molecule has 3 aliphatic heterocycles. The number of ether oxygens (including phenoxy) is 5. The number of hydrogen-bond acceptors (Lipinski definition) is 7. The van der Waals surface area contributed by atoms with E-state index in [2.05, 4.69) is 66.7 Å². The summed E-state index contributed by atoms with van der Waals surface area (Å²) in [7, 11) is 0. The minimum atomic E-state index is -0.563. The van der Waals surface area contributed by atoms with Gasteiger partial charge in [0.15, 0.2) is 0 Å². The summed E-state index contributed by atoms with van der Waals surface area (Å²) in [5.41, 5.74) is 3.66. The Balaban J connectivity index is 1.38. The summed E-state index contributed by atoms with van der Waals surface area (Å²) < 4.78 is 29.3. The molecular formula is C38H60O7. The molecule has 0 aromatic rings. The van der Waals surface area contributed by atoms with Crippen LogP contribution in [0.2, 0.25) is 0 Å². The van der Waals surface area contributed by atoms with Gasteiger partial charge in [-0.05, 0) is 132 Å². The summed E-state index contributed by atoms with van der Waals surface area (Å²) in [6, 6.07) is 0. The molecule has 45 heavy (non-hydrogen) atoms. The van der Waals surface area contributed by atoms with E-state index in [4.69, 9.17) is 23.7 Å². The molecule has 8 unspecified atom stereocenters. The molecule has 0 aromatic carbocycles. The summed E-state index contributed by atoms with van der Waals surface area (Å²) >= 11 is 0. The third-order valence-corrected chi connectivity index (χ3v) is 10.6. The molecule has 3 fully saturated rings. The molecule has 3 saturated heterocycles. The van der Waals surface area contributed by atoms with E-state index < -0.39 is 11.8 Å². The average Bonchev–Trinajstić information content (AvgIpc) is 3.90. The lowest BCUT2D eigenvalue weighted by molar-refractivity contribution is -0.162. The third kappa shape index (κ3) is 9.77. The minimum absolute atomic E-state index is 0.0192. The van der Waals surface area contributed by atoms with Crippen molar-refractivity contribution in [1.82, 2.24) is 0 Å². The van der Waals surface area contributed by atoms with Crippen molar-refractivity contribution in [1.29, 1.82) is 0 Å². The van der Waals surface area contributed by atoms with Gasteiger partial charge in [-0.2, -0.15) is 0 Å². The van der Waals surface area contributed by atoms with Gasteiger partial charge < -0.3 is 23.7 Å². The lowest BCUT2D eigenvalue weighted by Gasteiger charge is -2.34. The van der Waals surface area contributed by atoms with Gasteiger partial charge in [0, 0.05) is 0 Å². The molecule has 0 N–H and O–H groups in total. The first-order valence-electron chi connectivity index (χ1n) is 17.6. The maximum absolute atomic E-state index is 13.4. The van der Waals surface area contributed by atoms with Gasteiger partial charge >= 0.3 is 11.9 Å². The SMILES string of the molecule is CCOC(=O)C1CC(CCC=C(C)CCC=C(C)C)=CC(CC2OC2(C)CCC2OC2(C)CCC2OC2(C)C)C1C(=O)OCC. The fourth-order valence-corrected chi connectivity index (χ4v) is 7.34. The molecule has 254 valence electrons. The molecule has 0 aromatic heterocycles. The van der Waals surface area contributed by atoms with E-state index in [0.29, 0.717) is 25.6 Å². The minimum Gasteiger partial charge on any atom is -0.466 e. The summed E-state index contributed by atoms with van der Waals surface area (Å²) in [5.74, 6) is -1.85. The standard InChI is InChI=1S/C38H60O7/c1-10-41-34(39)29-23-27(17-13-16-26(5)15-12-14-25(3)4)22-28(33(29)35(40)42-11-2)24-32-38(9,45-32)21-19-31-37(8,44-31)20-18-30-36(6,7)43-30/h14,16,22,28-33H,10-13,15,17-21,23-24H2,1-9H3. The molecule has 4 aliphatic rings. The average molecular weight is 629 g/mol. The van der Waals surface area contributed by atoms with Crippen LogP contribution >= 0.6 is 0 Å². The summed E-state index contributed by atoms with van der Waals surface area (Å²) in [5, 5.41) is 0. The van der Waals surface area contributed by atoms with Crippen molar-refractivity contribution in [2.75, 3.05) is 13.2 Å². The van der Waals surface area contributed by atoms with Crippen molar-refractivity contribution in [2.24, 2.45) is 17.8 Å². The quantitative estimate of drug-likeness (QED) is 0.0858. The Morgan fingerprint density at radius 2 is 1.44 bits per heavy atom. The highest BCUT2D eigenvalue weighted by Crippen LogP contribution is 2.52. The Morgan fingerprint density at radius 3 is 2.07 bits per heavy atom. The van der Waals surface area contributed by atoms with E-state index in [1.807, 2.05) is 13.8 Å². The Bertz CT molecular complexity index is 1150. The van der Waals surface area contributed by atoms with Crippen LogP contribution in [0.3, 0.4) is 0 Å². The molecule has 0 saturated carbocycles. The predicted molar refractivity (Wildman–Crippen MR) is 177 cm³/mol. The van der Waals surface area contributed by atoms with Crippen LogP contribution in [0.25, 0.3) is 0 Å². The number of esters is 2. The predicted octanol–water partition coefficient (Wildman–Crippen LogP) is 8.21. The van der Waals surface area contributed by atoms with Gasteiger partial charge in [0.1, 0.15) is 0 Å². The van der Waals surface area contributed by atoms with Crippen molar-refractivity contribution in [3.05, 3.63) is 34.9 Å². The van der Waals surface area contributed by atoms with E-state index in [-0.39, 0.29) is 53.5 Å². The summed E-state index contributed by atoms with van der Waals surface area (Å²) in [6.45, 7) is 19.4. The zero-order valence-corrected chi connectivity index (χ0v) is 29.5. The zero-order valence-electron chi connectivity index (χ0n) is 29.5. The molecule has 8 atom stereocenters. The zero-order chi connectivity index (χ0) is 33.0. The van der Waals surface area contributed by atoms with Gasteiger partial charge in [0.25, 0.3) is 0 Å². The molecule has 0 bridgehead atoms. The molecule has 0 spiro atoms. The monoisotopic (exact) mass is 628 g/mol. The second-order valence-corrected chi connectivity index (χ2v) is 15.1. The van der Waals surface area contributed by atoms with Crippen LogP contribution < -0.4 is 0 Å². The lowest BCUT2D eigenvalue weighted by atomic mass is 9.70. The van der Waals surface area contributed by atoms with Crippen molar-refractivity contribution in [3.63, 3.8) is 0 Å². The van der Waals surface area contributed by atoms with Gasteiger partial charge in [-0.15, -0.1) is 0 Å². The van der Waals surface area contributed by atoms with Crippen LogP contribution in [0.15, 0.2) is 34.9 Å². The highest BCUT2D eigenvalue weighted by atomic mass is 16.6. The van der Waals surface area contributed by atoms with E-state index in [1.54, 1.807) is 0 Å². The van der Waals surface area contributed by atoms with Gasteiger partial charge in [-0.1, -0.05) is 34.9 Å². The van der Waals surface area contributed by atoms with Gasteiger partial charge in [0.05, 0.1) is 60.2 Å². The highest BCUT2D eigenvalue weighted by Gasteiger charge is 2.59. The second-order valence-electron chi connectivity index (χ2n) is 15.1. The van der Waals surface area contributed by atoms with E-state index in [0.717, 1.165) is 51.4 Å². The van der Waals surface area contributed by atoms with Crippen LogP contribution in [0, 0.1) is 17.8 Å². The third-order valence-electron chi connectivity index (χ3n) is 10.6. The van der Waals surface area contributed by atoms with Gasteiger partial charge in [-0.3, -0.25) is 9.59 Å². The first kappa shape index (κ1) is 35.9. The molecule has 0 radical (unpaired) electrons. The van der Waals surface area contributed by atoms with Gasteiger partial charge in [0.2, 0.25) is 0 Å². The fourth-order valence-electron chi connectivity index (χ4n) is 7.34. The molecule has 1 aliphatic carbocycles. The van der Waals surface area contributed by atoms with E-state index in [1.165, 1.54) is 16.7 Å². The first-order valence-corrected chi connectivity index (χ1v) is 17.6. The van der Waals surface area contributed by atoms with Crippen LogP contribution in [-0.2, 0) is 33.3 Å². The summed E-state index contributed by atoms with van der Waals surface area (Å²) in [4.78, 5) is 26.6. The van der Waals surface area contributed by atoms with E-state index >= 15 is 0 Å². The topological polar surface area (TPSA) is 90.2 Å². The highest BCUT2D eigenvalue weighted by molar-refractivity contribution is 5.83. The van der Waals surface area contributed by atoms with Crippen molar-refractivity contribution in [3.8, 4) is 0 Å². The second kappa shape index (κ2) is 14.9. The van der Waals surface area contributed by atoms with Crippen LogP contribution in [0.4, 0.5) is 0 Å². The molecule has 7 heteroatoms. The maximum Gasteiger partial charge on any atom is 0.310 e. The maximum atomic E-state index is 13.4. The van der Waals surface area contributed by atoms with Crippen molar-refractivity contribution < 1.29 is 33.3 Å². The lowest BCUT2D eigenvalue weighted by Crippen LogP contribution is -2.40. The number of carbonyl (C=O) groups is 2. The normalized spacial score (nSPS) is 34.9. The first-order chi connectivity index (χ1) is 21.2. The number of rotatable bonds is 18. The molecule has 0 amide bonds. The van der Waals surface area contributed by atoms with Crippen molar-refractivity contribution >= 4 is 11.9 Å². The number of carbonyl (C=O) groups excluding carboxylic acids is 2. The van der Waals surface area contributed by atoms with Gasteiger partial charge in [-0.25, -0.2) is 0 Å². The smallest absolute Gasteiger partial charge is 0.310 e. The van der Waals surface area contributed by atoms with E-state index in [9.17, 15) is 9.59 Å². The van der Waals surface area contributed by atoms with Crippen LogP contribution in [0.1, 0.15) is 127 Å². The Hall–Kier alpha value is -1.96. The number of epoxide rings is 3. The number of hydrogen-bond donors (Lipinski definition) is 0. The summed E-state index contributed by atoms with van der Waals surface area (Å²) in [6.07, 6.45) is 16.5. The van der Waals surface area contributed by atoms with Crippen LogP contribution in [0.5, 0.6) is 0 Å². The Kier molecular flexibility index (Phi) is 11.8. The molecular weight excluding hydrogens is 568 g/mol. The van der Waals surface area contributed by atoms with Crippen LogP contribution in [-0.4, -0.2) is 60.3 Å². The Morgan fingerprint density at radius 1 is 0.844 bits per heavy atom. The molecule has 4 rings (SSSR count). The molecule has 7 nitrogen and oxygen atoms in total. The molecule has 3 heterocycles. The Labute approximate surface area is 272 Å². The number of allylic oxidation sites excluding steroid dienone is 6. The van der Waals surface area contributed by atoms with Crippen molar-refractivity contribution in [2.45, 2.75) is 162 Å².